The molecule has 0 aliphatic rings. The average molecular weight is 418 g/mol. The first-order valence-corrected chi connectivity index (χ1v) is 11.0. The summed E-state index contributed by atoms with van der Waals surface area (Å²) >= 11 is 6.07. The summed E-state index contributed by atoms with van der Waals surface area (Å²) < 4.78 is 30.0. The SMILES string of the molecule is Cc1c(Cl)cccc1S(=O)(=O)NCc1cc(CC(C)C)n(-c2ccccc2)n1. The van der Waals surface area contributed by atoms with Gasteiger partial charge in [-0.05, 0) is 55.2 Å². The van der Waals surface area contributed by atoms with Crippen molar-refractivity contribution in [2.45, 2.75) is 38.6 Å². The van der Waals surface area contributed by atoms with Gasteiger partial charge in [0.2, 0.25) is 10.0 Å². The maximum Gasteiger partial charge on any atom is 0.241 e. The predicted molar refractivity (Wildman–Crippen MR) is 112 cm³/mol. The summed E-state index contributed by atoms with van der Waals surface area (Å²) in [4.78, 5) is 0.185. The summed E-state index contributed by atoms with van der Waals surface area (Å²) in [5, 5.41) is 5.06. The second kappa shape index (κ2) is 8.47. The highest BCUT2D eigenvalue weighted by molar-refractivity contribution is 7.89. The van der Waals surface area contributed by atoms with Crippen molar-refractivity contribution in [3.05, 3.63) is 76.6 Å². The zero-order valence-corrected chi connectivity index (χ0v) is 17.8. The standard InChI is InChI=1S/C21H24ClN3O2S/c1-15(2)12-19-13-17(24-25(19)18-8-5-4-6-9-18)14-23-28(26,27)21-11-7-10-20(22)16(21)3/h4-11,13,15,23H,12,14H2,1-3H3. The Bertz CT molecular complexity index is 1060. The minimum Gasteiger partial charge on any atom is -0.238 e. The molecule has 28 heavy (non-hydrogen) atoms. The second-order valence-electron chi connectivity index (χ2n) is 7.16. The quantitative estimate of drug-likeness (QED) is 0.615. The fraction of sp³-hybridized carbons (Fsp3) is 0.286. The molecule has 0 saturated carbocycles. The maximum absolute atomic E-state index is 12.7. The van der Waals surface area contributed by atoms with Crippen molar-refractivity contribution in [2.24, 2.45) is 5.92 Å². The van der Waals surface area contributed by atoms with Crippen LogP contribution in [0.25, 0.3) is 5.69 Å². The Hall–Kier alpha value is -2.15. The monoisotopic (exact) mass is 417 g/mol. The zero-order valence-electron chi connectivity index (χ0n) is 16.2. The van der Waals surface area contributed by atoms with Crippen molar-refractivity contribution in [3.8, 4) is 5.69 Å². The van der Waals surface area contributed by atoms with Crippen LogP contribution in [0.5, 0.6) is 0 Å². The first kappa shape index (κ1) is 20.6. The lowest BCUT2D eigenvalue weighted by atomic mass is 10.1. The van der Waals surface area contributed by atoms with Crippen LogP contribution in [0.15, 0.2) is 59.5 Å². The lowest BCUT2D eigenvalue weighted by molar-refractivity contribution is 0.579. The smallest absolute Gasteiger partial charge is 0.238 e. The van der Waals surface area contributed by atoms with Crippen molar-refractivity contribution in [2.75, 3.05) is 0 Å². The van der Waals surface area contributed by atoms with Crippen LogP contribution in [0.4, 0.5) is 0 Å². The van der Waals surface area contributed by atoms with E-state index in [1.54, 1.807) is 25.1 Å². The second-order valence-corrected chi connectivity index (χ2v) is 9.30. The van der Waals surface area contributed by atoms with Crippen LogP contribution in [0.3, 0.4) is 0 Å². The van der Waals surface area contributed by atoms with E-state index in [0.29, 0.717) is 22.2 Å². The van der Waals surface area contributed by atoms with E-state index in [1.165, 1.54) is 0 Å². The molecule has 0 aliphatic carbocycles. The van der Waals surface area contributed by atoms with Gasteiger partial charge in [0.15, 0.2) is 0 Å². The van der Waals surface area contributed by atoms with E-state index in [0.717, 1.165) is 17.8 Å². The Morgan fingerprint density at radius 3 is 2.50 bits per heavy atom. The Kier molecular flexibility index (Phi) is 6.23. The number of nitrogens with zero attached hydrogens (tertiary/aromatic N) is 2. The molecular weight excluding hydrogens is 394 g/mol. The molecule has 7 heteroatoms. The van der Waals surface area contributed by atoms with Crippen molar-refractivity contribution >= 4 is 21.6 Å². The van der Waals surface area contributed by atoms with Crippen LogP contribution >= 0.6 is 11.6 Å². The largest absolute Gasteiger partial charge is 0.241 e. The highest BCUT2D eigenvalue weighted by Crippen LogP contribution is 2.23. The van der Waals surface area contributed by atoms with Gasteiger partial charge in [-0.25, -0.2) is 17.8 Å². The van der Waals surface area contributed by atoms with Crippen molar-refractivity contribution in [3.63, 3.8) is 0 Å². The molecule has 0 unspecified atom stereocenters. The third-order valence-electron chi connectivity index (χ3n) is 4.40. The van der Waals surface area contributed by atoms with E-state index in [2.05, 4.69) is 23.7 Å². The highest BCUT2D eigenvalue weighted by atomic mass is 35.5. The van der Waals surface area contributed by atoms with Gasteiger partial charge in [-0.2, -0.15) is 5.10 Å². The van der Waals surface area contributed by atoms with Gasteiger partial charge in [0.25, 0.3) is 0 Å². The van der Waals surface area contributed by atoms with Gasteiger partial charge in [-0.1, -0.05) is 49.7 Å². The molecule has 148 valence electrons. The van der Waals surface area contributed by atoms with Crippen molar-refractivity contribution in [1.29, 1.82) is 0 Å². The first-order valence-electron chi connectivity index (χ1n) is 9.16. The number of halogens is 1. The molecule has 1 aromatic heterocycles. The summed E-state index contributed by atoms with van der Waals surface area (Å²) in [6.07, 6.45) is 0.849. The number of hydrogen-bond acceptors (Lipinski definition) is 3. The summed E-state index contributed by atoms with van der Waals surface area (Å²) in [7, 11) is -3.69. The molecule has 0 atom stereocenters. The molecule has 1 heterocycles. The molecule has 0 spiro atoms. The molecule has 3 aromatic rings. The van der Waals surface area contributed by atoms with Gasteiger partial charge in [0.1, 0.15) is 0 Å². The fourth-order valence-corrected chi connectivity index (χ4v) is 4.54. The Balaban J connectivity index is 1.86. The van der Waals surface area contributed by atoms with Gasteiger partial charge >= 0.3 is 0 Å². The summed E-state index contributed by atoms with van der Waals surface area (Å²) in [5.41, 5.74) is 3.21. The maximum atomic E-state index is 12.7. The van der Waals surface area contributed by atoms with Crippen LogP contribution in [-0.4, -0.2) is 18.2 Å². The molecule has 0 radical (unpaired) electrons. The lowest BCUT2D eigenvalue weighted by Gasteiger charge is -2.09. The summed E-state index contributed by atoms with van der Waals surface area (Å²) in [6.45, 7) is 6.10. The molecule has 0 saturated heterocycles. The van der Waals surface area contributed by atoms with Gasteiger partial charge in [-0.15, -0.1) is 0 Å². The number of para-hydroxylation sites is 1. The molecule has 3 rings (SSSR count). The topological polar surface area (TPSA) is 64.0 Å². The van der Waals surface area contributed by atoms with E-state index in [9.17, 15) is 8.42 Å². The van der Waals surface area contributed by atoms with E-state index in [1.807, 2.05) is 41.1 Å². The van der Waals surface area contributed by atoms with Gasteiger partial charge < -0.3 is 0 Å². The summed E-state index contributed by atoms with van der Waals surface area (Å²) in [5.74, 6) is 0.456. The van der Waals surface area contributed by atoms with Crippen molar-refractivity contribution in [1.82, 2.24) is 14.5 Å². The molecule has 0 bridgehead atoms. The fourth-order valence-electron chi connectivity index (χ4n) is 3.04. The van der Waals surface area contributed by atoms with Crippen LogP contribution < -0.4 is 4.72 Å². The number of benzene rings is 2. The third kappa shape index (κ3) is 4.63. The predicted octanol–water partition coefficient (Wildman–Crippen LogP) is 4.51. The molecule has 1 N–H and O–H groups in total. The number of nitrogens with one attached hydrogen (secondary N) is 1. The van der Waals surface area contributed by atoms with Gasteiger partial charge in [-0.3, -0.25) is 0 Å². The average Bonchev–Trinajstić information content (AvgIpc) is 3.05. The van der Waals surface area contributed by atoms with Crippen LogP contribution in [0, 0.1) is 12.8 Å². The third-order valence-corrected chi connectivity index (χ3v) is 6.36. The molecular formula is C21H24ClN3O2S. The minimum atomic E-state index is -3.69. The molecule has 0 aliphatic heterocycles. The van der Waals surface area contributed by atoms with E-state index < -0.39 is 10.0 Å². The van der Waals surface area contributed by atoms with E-state index in [4.69, 9.17) is 11.6 Å². The lowest BCUT2D eigenvalue weighted by Crippen LogP contribution is -2.24. The molecule has 0 amide bonds. The first-order chi connectivity index (χ1) is 13.3. The van der Waals surface area contributed by atoms with E-state index >= 15 is 0 Å². The highest BCUT2D eigenvalue weighted by Gasteiger charge is 2.19. The van der Waals surface area contributed by atoms with E-state index in [-0.39, 0.29) is 11.4 Å². The Labute approximate surface area is 171 Å². The molecule has 5 nitrogen and oxygen atoms in total. The number of hydrogen-bond donors (Lipinski definition) is 1. The van der Waals surface area contributed by atoms with Gasteiger partial charge in [0.05, 0.1) is 22.8 Å². The normalized spacial score (nSPS) is 11.9. The Morgan fingerprint density at radius 1 is 1.11 bits per heavy atom. The van der Waals surface area contributed by atoms with Gasteiger partial charge in [0, 0.05) is 10.7 Å². The Morgan fingerprint density at radius 2 is 1.82 bits per heavy atom. The number of rotatable bonds is 7. The van der Waals surface area contributed by atoms with Crippen LogP contribution in [0.1, 0.15) is 30.8 Å². The number of sulfonamides is 1. The minimum absolute atomic E-state index is 0.110. The molecule has 2 aromatic carbocycles. The van der Waals surface area contributed by atoms with Crippen LogP contribution in [0.2, 0.25) is 5.02 Å². The van der Waals surface area contributed by atoms with Crippen LogP contribution in [-0.2, 0) is 23.0 Å². The number of aromatic nitrogens is 2. The van der Waals surface area contributed by atoms with Crippen molar-refractivity contribution < 1.29 is 8.42 Å². The zero-order chi connectivity index (χ0) is 20.3. The summed E-state index contributed by atoms with van der Waals surface area (Å²) in [6, 6.07) is 16.7. The molecule has 0 fully saturated rings.